The minimum Gasteiger partial charge on any atom is -0.455 e. The predicted molar refractivity (Wildman–Crippen MR) is 83.2 cm³/mol. The van der Waals surface area contributed by atoms with E-state index in [1.807, 2.05) is 18.2 Å². The highest BCUT2D eigenvalue weighted by Gasteiger charge is 2.15. The second kappa shape index (κ2) is 7.22. The Morgan fingerprint density at radius 3 is 2.86 bits per heavy atom. The van der Waals surface area contributed by atoms with Gasteiger partial charge in [0, 0.05) is 18.9 Å². The Kier molecular flexibility index (Phi) is 4.85. The number of piperidine rings is 1. The highest BCUT2D eigenvalue weighted by molar-refractivity contribution is 5.91. The standard InChI is InChI=1S/C17H21N3O2/c21-17(19-12-14-5-4-8-18-11-14)16-7-6-15(22-16)13-20-9-2-1-3-10-20/h4-8,11H,1-3,9-10,12-13H2,(H,19,21). The number of hydrogen-bond acceptors (Lipinski definition) is 4. The van der Waals surface area contributed by atoms with Crippen LogP contribution < -0.4 is 5.32 Å². The lowest BCUT2D eigenvalue weighted by Gasteiger charge is -2.25. The van der Waals surface area contributed by atoms with Crippen molar-refractivity contribution in [3.05, 3.63) is 53.7 Å². The Morgan fingerprint density at radius 2 is 2.09 bits per heavy atom. The largest absolute Gasteiger partial charge is 0.455 e. The number of nitrogens with zero attached hydrogens (tertiary/aromatic N) is 2. The van der Waals surface area contributed by atoms with Crippen LogP contribution in [0.15, 0.2) is 41.1 Å². The van der Waals surface area contributed by atoms with Crippen LogP contribution in [-0.4, -0.2) is 28.9 Å². The predicted octanol–water partition coefficient (Wildman–Crippen LogP) is 2.59. The highest BCUT2D eigenvalue weighted by atomic mass is 16.4. The molecule has 0 atom stereocenters. The van der Waals surface area contributed by atoms with Crippen molar-refractivity contribution in [2.75, 3.05) is 13.1 Å². The Hall–Kier alpha value is -2.14. The smallest absolute Gasteiger partial charge is 0.287 e. The first-order valence-electron chi connectivity index (χ1n) is 7.79. The molecular formula is C17H21N3O2. The van der Waals surface area contributed by atoms with Crippen molar-refractivity contribution in [1.82, 2.24) is 15.2 Å². The van der Waals surface area contributed by atoms with Crippen molar-refractivity contribution in [3.8, 4) is 0 Å². The molecule has 5 heteroatoms. The SMILES string of the molecule is O=C(NCc1cccnc1)c1ccc(CN2CCCCC2)o1. The van der Waals surface area contributed by atoms with Gasteiger partial charge in [0.15, 0.2) is 5.76 Å². The molecule has 1 fully saturated rings. The second-order valence-corrected chi connectivity index (χ2v) is 5.65. The van der Waals surface area contributed by atoms with Gasteiger partial charge in [-0.3, -0.25) is 14.7 Å². The van der Waals surface area contributed by atoms with E-state index in [9.17, 15) is 4.79 Å². The minimum absolute atomic E-state index is 0.186. The van der Waals surface area contributed by atoms with Crippen LogP contribution >= 0.6 is 0 Å². The zero-order valence-electron chi connectivity index (χ0n) is 12.6. The van der Waals surface area contributed by atoms with Gasteiger partial charge in [0.1, 0.15) is 5.76 Å². The summed E-state index contributed by atoms with van der Waals surface area (Å²) in [5.74, 6) is 1.04. The van der Waals surface area contributed by atoms with E-state index in [0.29, 0.717) is 12.3 Å². The monoisotopic (exact) mass is 299 g/mol. The maximum atomic E-state index is 12.1. The summed E-state index contributed by atoms with van der Waals surface area (Å²) in [7, 11) is 0. The van der Waals surface area contributed by atoms with E-state index in [1.165, 1.54) is 19.3 Å². The zero-order chi connectivity index (χ0) is 15.2. The van der Waals surface area contributed by atoms with Gasteiger partial charge in [-0.2, -0.15) is 0 Å². The number of amides is 1. The van der Waals surface area contributed by atoms with Crippen molar-refractivity contribution < 1.29 is 9.21 Å². The summed E-state index contributed by atoms with van der Waals surface area (Å²) in [6, 6.07) is 7.42. The Bertz CT molecular complexity index is 603. The topological polar surface area (TPSA) is 58.4 Å². The summed E-state index contributed by atoms with van der Waals surface area (Å²) in [6.45, 7) is 3.47. The fraction of sp³-hybridized carbons (Fsp3) is 0.412. The molecule has 0 radical (unpaired) electrons. The number of carbonyl (C=O) groups excluding carboxylic acids is 1. The Morgan fingerprint density at radius 1 is 1.23 bits per heavy atom. The number of rotatable bonds is 5. The fourth-order valence-electron chi connectivity index (χ4n) is 2.69. The number of nitrogens with one attached hydrogen (secondary N) is 1. The average Bonchev–Trinajstić information content (AvgIpc) is 3.03. The van der Waals surface area contributed by atoms with Crippen LogP contribution in [0.4, 0.5) is 0 Å². The molecule has 116 valence electrons. The molecule has 0 bridgehead atoms. The van der Waals surface area contributed by atoms with Crippen LogP contribution in [0.25, 0.3) is 0 Å². The molecule has 3 heterocycles. The van der Waals surface area contributed by atoms with Crippen LogP contribution in [0.2, 0.25) is 0 Å². The highest BCUT2D eigenvalue weighted by Crippen LogP contribution is 2.15. The molecule has 22 heavy (non-hydrogen) atoms. The van der Waals surface area contributed by atoms with E-state index in [4.69, 9.17) is 4.42 Å². The summed E-state index contributed by atoms with van der Waals surface area (Å²) < 4.78 is 5.67. The fourth-order valence-corrected chi connectivity index (χ4v) is 2.69. The number of hydrogen-bond donors (Lipinski definition) is 1. The third kappa shape index (κ3) is 3.95. The van der Waals surface area contributed by atoms with Crippen LogP contribution in [0, 0.1) is 0 Å². The lowest BCUT2D eigenvalue weighted by atomic mass is 10.1. The van der Waals surface area contributed by atoms with Crippen LogP contribution in [0.5, 0.6) is 0 Å². The molecule has 0 saturated carbocycles. The molecular weight excluding hydrogens is 278 g/mol. The van der Waals surface area contributed by atoms with Gasteiger partial charge in [-0.05, 0) is 49.7 Å². The quantitative estimate of drug-likeness (QED) is 0.922. The average molecular weight is 299 g/mol. The summed E-state index contributed by atoms with van der Waals surface area (Å²) in [5.41, 5.74) is 0.968. The van der Waals surface area contributed by atoms with Gasteiger partial charge in [-0.15, -0.1) is 0 Å². The van der Waals surface area contributed by atoms with Crippen molar-refractivity contribution in [2.45, 2.75) is 32.4 Å². The van der Waals surface area contributed by atoms with E-state index in [0.717, 1.165) is 31.0 Å². The van der Waals surface area contributed by atoms with Gasteiger partial charge >= 0.3 is 0 Å². The Labute approximate surface area is 130 Å². The molecule has 3 rings (SSSR count). The second-order valence-electron chi connectivity index (χ2n) is 5.65. The van der Waals surface area contributed by atoms with Crippen molar-refractivity contribution >= 4 is 5.91 Å². The number of likely N-dealkylation sites (tertiary alicyclic amines) is 1. The molecule has 1 amide bonds. The van der Waals surface area contributed by atoms with E-state index in [1.54, 1.807) is 18.5 Å². The van der Waals surface area contributed by atoms with E-state index < -0.39 is 0 Å². The summed E-state index contributed by atoms with van der Waals surface area (Å²) >= 11 is 0. The van der Waals surface area contributed by atoms with Gasteiger partial charge in [-0.25, -0.2) is 0 Å². The molecule has 2 aromatic heterocycles. The number of aromatic nitrogens is 1. The summed E-state index contributed by atoms with van der Waals surface area (Å²) in [5, 5.41) is 2.85. The van der Waals surface area contributed by atoms with Gasteiger partial charge in [-0.1, -0.05) is 12.5 Å². The number of furan rings is 1. The maximum Gasteiger partial charge on any atom is 0.287 e. The molecule has 1 N–H and O–H groups in total. The zero-order valence-corrected chi connectivity index (χ0v) is 12.6. The Balaban J connectivity index is 1.52. The molecule has 1 aliphatic rings. The van der Waals surface area contributed by atoms with E-state index in [2.05, 4.69) is 15.2 Å². The molecule has 0 aromatic carbocycles. The normalized spacial score (nSPS) is 15.6. The summed E-state index contributed by atoms with van der Waals surface area (Å²) in [6.07, 6.45) is 7.27. The van der Waals surface area contributed by atoms with E-state index in [-0.39, 0.29) is 5.91 Å². The lowest BCUT2D eigenvalue weighted by Crippen LogP contribution is -2.28. The third-order valence-electron chi connectivity index (χ3n) is 3.89. The van der Waals surface area contributed by atoms with Crippen LogP contribution in [0.3, 0.4) is 0 Å². The molecule has 0 aliphatic carbocycles. The van der Waals surface area contributed by atoms with Gasteiger partial charge in [0.25, 0.3) is 5.91 Å². The molecule has 2 aromatic rings. The molecule has 1 saturated heterocycles. The van der Waals surface area contributed by atoms with Gasteiger partial charge in [0.05, 0.1) is 6.54 Å². The number of pyridine rings is 1. The van der Waals surface area contributed by atoms with Gasteiger partial charge in [0.2, 0.25) is 0 Å². The van der Waals surface area contributed by atoms with Crippen molar-refractivity contribution in [1.29, 1.82) is 0 Å². The van der Waals surface area contributed by atoms with Crippen LogP contribution in [-0.2, 0) is 13.1 Å². The molecule has 0 unspecified atom stereocenters. The lowest BCUT2D eigenvalue weighted by molar-refractivity contribution is 0.0918. The number of carbonyl (C=O) groups is 1. The first kappa shape index (κ1) is 14.8. The minimum atomic E-state index is -0.186. The third-order valence-corrected chi connectivity index (χ3v) is 3.89. The molecule has 1 aliphatic heterocycles. The van der Waals surface area contributed by atoms with Crippen molar-refractivity contribution in [3.63, 3.8) is 0 Å². The first-order chi connectivity index (χ1) is 10.8. The van der Waals surface area contributed by atoms with Gasteiger partial charge < -0.3 is 9.73 Å². The summed E-state index contributed by atoms with van der Waals surface area (Å²) in [4.78, 5) is 18.5. The van der Waals surface area contributed by atoms with E-state index >= 15 is 0 Å². The van der Waals surface area contributed by atoms with Crippen molar-refractivity contribution in [2.24, 2.45) is 0 Å². The van der Waals surface area contributed by atoms with Crippen LogP contribution in [0.1, 0.15) is 41.1 Å². The maximum absolute atomic E-state index is 12.1. The molecule has 5 nitrogen and oxygen atoms in total. The molecule has 0 spiro atoms. The first-order valence-corrected chi connectivity index (χ1v) is 7.79.